The second-order valence-corrected chi connectivity index (χ2v) is 4.21. The molecule has 3 nitrogen and oxygen atoms in total. The highest BCUT2D eigenvalue weighted by Gasteiger charge is 1.94. The molecule has 0 fully saturated rings. The minimum atomic E-state index is -0.232. The molecule has 0 radical (unpaired) electrons. The molecule has 2 aromatic carbocycles. The molecule has 0 aliphatic heterocycles. The summed E-state index contributed by atoms with van der Waals surface area (Å²) in [5.74, 6) is 0.616. The molecule has 1 N–H and O–H groups in total. The van der Waals surface area contributed by atoms with Crippen molar-refractivity contribution in [3.05, 3.63) is 60.4 Å². The highest BCUT2D eigenvalue weighted by Crippen LogP contribution is 2.08. The van der Waals surface area contributed by atoms with Crippen LogP contribution >= 0.6 is 0 Å². The molecule has 0 saturated heterocycles. The van der Waals surface area contributed by atoms with Crippen molar-refractivity contribution in [2.24, 2.45) is 0 Å². The number of nitrogens with one attached hydrogen (secondary N) is 1. The van der Waals surface area contributed by atoms with Gasteiger partial charge >= 0.3 is 0 Å². The highest BCUT2D eigenvalue weighted by molar-refractivity contribution is 5.42. The number of benzene rings is 2. The van der Waals surface area contributed by atoms with Gasteiger partial charge in [-0.15, -0.1) is 0 Å². The molecule has 0 aliphatic rings. The number of hydrogen-bond donors (Lipinski definition) is 1. The van der Waals surface area contributed by atoms with Gasteiger partial charge in [-0.1, -0.05) is 18.2 Å². The van der Waals surface area contributed by atoms with Gasteiger partial charge in [-0.2, -0.15) is 0 Å². The van der Waals surface area contributed by atoms with Crippen molar-refractivity contribution < 1.29 is 13.9 Å². The van der Waals surface area contributed by atoms with E-state index in [4.69, 9.17) is 9.47 Å². The van der Waals surface area contributed by atoms with Crippen LogP contribution < -0.4 is 10.1 Å². The summed E-state index contributed by atoms with van der Waals surface area (Å²) in [6, 6.07) is 15.9. The maximum atomic E-state index is 12.7. The maximum absolute atomic E-state index is 12.7. The zero-order valence-corrected chi connectivity index (χ0v) is 11.2. The van der Waals surface area contributed by atoms with Crippen LogP contribution in [0.5, 0.6) is 5.75 Å². The normalized spacial score (nSPS) is 10.2. The molecule has 0 saturated carbocycles. The fourth-order valence-electron chi connectivity index (χ4n) is 1.67. The first kappa shape index (κ1) is 14.3. The van der Waals surface area contributed by atoms with Crippen LogP contribution in [0, 0.1) is 5.82 Å². The van der Waals surface area contributed by atoms with Gasteiger partial charge in [-0.3, -0.25) is 0 Å². The lowest BCUT2D eigenvalue weighted by atomic mass is 10.3. The first-order chi connectivity index (χ1) is 9.84. The van der Waals surface area contributed by atoms with Gasteiger partial charge in [0.2, 0.25) is 0 Å². The second-order valence-electron chi connectivity index (χ2n) is 4.21. The molecule has 0 heterocycles. The van der Waals surface area contributed by atoms with Crippen molar-refractivity contribution >= 4 is 5.69 Å². The third-order valence-electron chi connectivity index (χ3n) is 2.66. The van der Waals surface area contributed by atoms with Crippen LogP contribution in [0.25, 0.3) is 0 Å². The van der Waals surface area contributed by atoms with Crippen LogP contribution in [-0.4, -0.2) is 26.4 Å². The molecule has 2 rings (SSSR count). The molecule has 2 aromatic rings. The molecule has 0 amide bonds. The van der Waals surface area contributed by atoms with Gasteiger partial charge in [0.05, 0.1) is 13.2 Å². The number of halogens is 1. The van der Waals surface area contributed by atoms with Crippen molar-refractivity contribution in [2.75, 3.05) is 31.7 Å². The monoisotopic (exact) mass is 275 g/mol. The average Bonchev–Trinajstić information content (AvgIpc) is 2.49. The van der Waals surface area contributed by atoms with E-state index in [9.17, 15) is 4.39 Å². The van der Waals surface area contributed by atoms with Gasteiger partial charge < -0.3 is 14.8 Å². The fraction of sp³-hybridized carbons (Fsp3) is 0.250. The summed E-state index contributed by atoms with van der Waals surface area (Å²) in [4.78, 5) is 0. The zero-order chi connectivity index (χ0) is 14.0. The van der Waals surface area contributed by atoms with Crippen LogP contribution in [-0.2, 0) is 4.74 Å². The van der Waals surface area contributed by atoms with Crippen molar-refractivity contribution in [1.29, 1.82) is 0 Å². The number of anilines is 1. The van der Waals surface area contributed by atoms with Crippen LogP contribution in [0.4, 0.5) is 10.1 Å². The topological polar surface area (TPSA) is 30.5 Å². The van der Waals surface area contributed by atoms with Gasteiger partial charge in [0, 0.05) is 12.2 Å². The van der Waals surface area contributed by atoms with Gasteiger partial charge in [-0.25, -0.2) is 4.39 Å². The number of ether oxygens (including phenoxy) is 2. The first-order valence-electron chi connectivity index (χ1n) is 6.59. The Balaban J connectivity index is 1.51. The number of rotatable bonds is 8. The Morgan fingerprint density at radius 2 is 1.60 bits per heavy atom. The standard InChI is InChI=1S/C16H18FNO2/c17-14-6-8-15(9-7-14)18-10-11-19-12-13-20-16-4-2-1-3-5-16/h1-9,18H,10-13H2. The van der Waals surface area contributed by atoms with E-state index in [0.29, 0.717) is 26.4 Å². The van der Waals surface area contributed by atoms with E-state index in [2.05, 4.69) is 5.32 Å². The fourth-order valence-corrected chi connectivity index (χ4v) is 1.67. The van der Waals surface area contributed by atoms with Crippen molar-refractivity contribution in [3.63, 3.8) is 0 Å². The van der Waals surface area contributed by atoms with Gasteiger partial charge in [-0.05, 0) is 36.4 Å². The molecule has 0 aliphatic carbocycles. The molecule has 20 heavy (non-hydrogen) atoms. The molecule has 0 atom stereocenters. The summed E-state index contributed by atoms with van der Waals surface area (Å²) < 4.78 is 23.6. The van der Waals surface area contributed by atoms with Gasteiger partial charge in [0.25, 0.3) is 0 Å². The van der Waals surface area contributed by atoms with Crippen LogP contribution in [0.2, 0.25) is 0 Å². The molecule has 0 aromatic heterocycles. The van der Waals surface area contributed by atoms with Gasteiger partial charge in [0.1, 0.15) is 18.2 Å². The van der Waals surface area contributed by atoms with Crippen molar-refractivity contribution in [2.45, 2.75) is 0 Å². The van der Waals surface area contributed by atoms with E-state index in [1.54, 1.807) is 12.1 Å². The van der Waals surface area contributed by atoms with Crippen LogP contribution in [0.1, 0.15) is 0 Å². The first-order valence-corrected chi connectivity index (χ1v) is 6.59. The lowest BCUT2D eigenvalue weighted by Crippen LogP contribution is -2.13. The molecule has 106 valence electrons. The van der Waals surface area contributed by atoms with Gasteiger partial charge in [0.15, 0.2) is 0 Å². The van der Waals surface area contributed by atoms with E-state index in [1.165, 1.54) is 12.1 Å². The van der Waals surface area contributed by atoms with E-state index in [1.807, 2.05) is 30.3 Å². The maximum Gasteiger partial charge on any atom is 0.123 e. The third kappa shape index (κ3) is 5.28. The minimum absolute atomic E-state index is 0.232. The SMILES string of the molecule is Fc1ccc(NCCOCCOc2ccccc2)cc1. The summed E-state index contributed by atoms with van der Waals surface area (Å²) >= 11 is 0. The molecular formula is C16H18FNO2. The summed E-state index contributed by atoms with van der Waals surface area (Å²) in [5, 5.41) is 3.15. The summed E-state index contributed by atoms with van der Waals surface area (Å²) in [7, 11) is 0. The largest absolute Gasteiger partial charge is 0.491 e. The lowest BCUT2D eigenvalue weighted by molar-refractivity contribution is 0.107. The summed E-state index contributed by atoms with van der Waals surface area (Å²) in [6.45, 7) is 2.33. The highest BCUT2D eigenvalue weighted by atomic mass is 19.1. The summed E-state index contributed by atoms with van der Waals surface area (Å²) in [5.41, 5.74) is 0.885. The number of para-hydroxylation sites is 1. The predicted molar refractivity (Wildman–Crippen MR) is 77.6 cm³/mol. The molecule has 0 spiro atoms. The predicted octanol–water partition coefficient (Wildman–Crippen LogP) is 3.33. The Labute approximate surface area is 118 Å². The number of hydrogen-bond acceptors (Lipinski definition) is 3. The smallest absolute Gasteiger partial charge is 0.123 e. The quantitative estimate of drug-likeness (QED) is 0.750. The zero-order valence-electron chi connectivity index (χ0n) is 11.2. The Bertz CT molecular complexity index is 488. The Morgan fingerprint density at radius 3 is 2.35 bits per heavy atom. The average molecular weight is 275 g/mol. The van der Waals surface area contributed by atoms with Crippen LogP contribution in [0.3, 0.4) is 0 Å². The van der Waals surface area contributed by atoms with Crippen molar-refractivity contribution in [1.82, 2.24) is 0 Å². The second kappa shape index (κ2) is 8.17. The van der Waals surface area contributed by atoms with E-state index in [-0.39, 0.29) is 5.82 Å². The van der Waals surface area contributed by atoms with Crippen molar-refractivity contribution in [3.8, 4) is 5.75 Å². The molecule has 0 bridgehead atoms. The summed E-state index contributed by atoms with van der Waals surface area (Å²) in [6.07, 6.45) is 0. The van der Waals surface area contributed by atoms with E-state index >= 15 is 0 Å². The lowest BCUT2D eigenvalue weighted by Gasteiger charge is -2.08. The van der Waals surface area contributed by atoms with Crippen LogP contribution in [0.15, 0.2) is 54.6 Å². The molecule has 0 unspecified atom stereocenters. The Hall–Kier alpha value is -2.07. The van der Waals surface area contributed by atoms with E-state index < -0.39 is 0 Å². The Kier molecular flexibility index (Phi) is 5.86. The minimum Gasteiger partial charge on any atom is -0.491 e. The third-order valence-corrected chi connectivity index (χ3v) is 2.66. The Morgan fingerprint density at radius 1 is 0.850 bits per heavy atom. The van der Waals surface area contributed by atoms with E-state index in [0.717, 1.165) is 11.4 Å². The molecule has 4 heteroatoms. The molecular weight excluding hydrogens is 257 g/mol.